The summed E-state index contributed by atoms with van der Waals surface area (Å²) in [4.78, 5) is 35.0. The molecule has 0 radical (unpaired) electrons. The van der Waals surface area contributed by atoms with Gasteiger partial charge in [0.15, 0.2) is 0 Å². The van der Waals surface area contributed by atoms with Crippen molar-refractivity contribution in [1.29, 1.82) is 0 Å². The summed E-state index contributed by atoms with van der Waals surface area (Å²) < 4.78 is 4.96. The Morgan fingerprint density at radius 3 is 2.58 bits per heavy atom. The average Bonchev–Trinajstić information content (AvgIpc) is 2.61. The summed E-state index contributed by atoms with van der Waals surface area (Å²) in [6.45, 7) is 0.434. The Hall–Kier alpha value is -2.78. The zero-order valence-corrected chi connectivity index (χ0v) is 12.9. The molecule has 2 amide bonds. The number of carbonyl (C=O) groups excluding carboxylic acids is 2. The van der Waals surface area contributed by atoms with E-state index in [2.05, 4.69) is 20.8 Å². The number of rotatable bonds is 7. The molecule has 0 fully saturated rings. The molecule has 128 valence electrons. The van der Waals surface area contributed by atoms with Crippen LogP contribution in [-0.2, 0) is 20.9 Å². The maximum Gasteiger partial charge on any atom is 0.309 e. The number of aromatic amines is 1. The molecule has 0 bridgehead atoms. The normalized spacial score (nSPS) is 10.5. The van der Waals surface area contributed by atoms with Crippen LogP contribution in [0.1, 0.15) is 5.69 Å². The highest BCUT2D eigenvalue weighted by Gasteiger charge is 2.14. The van der Waals surface area contributed by atoms with Crippen LogP contribution in [0, 0.1) is 0 Å². The molecule has 0 atom stereocenters. The van der Waals surface area contributed by atoms with Crippen molar-refractivity contribution in [1.82, 2.24) is 20.8 Å². The first-order chi connectivity index (χ1) is 11.6. The molecule has 4 N–H and O–H groups in total. The smallest absolute Gasteiger partial charge is 0.309 e. The Bertz CT molecular complexity index is 774. The molecule has 9 nitrogen and oxygen atoms in total. The van der Waals surface area contributed by atoms with Gasteiger partial charge in [0.25, 0.3) is 5.56 Å². The quantitative estimate of drug-likeness (QED) is 0.366. The molecular weight excluding hydrogens is 316 g/mol. The molecule has 0 saturated carbocycles. The maximum absolute atomic E-state index is 11.7. The summed E-state index contributed by atoms with van der Waals surface area (Å²) in [5.74, 6) is -1.61. The van der Waals surface area contributed by atoms with E-state index >= 15 is 0 Å². The molecule has 0 aliphatic carbocycles. The first kappa shape index (κ1) is 17.6. The molecule has 0 spiro atoms. The third-order valence-corrected chi connectivity index (χ3v) is 3.17. The van der Waals surface area contributed by atoms with Crippen molar-refractivity contribution in [2.24, 2.45) is 0 Å². The Labute approximate surface area is 137 Å². The molecular formula is C15H18N4O5. The van der Waals surface area contributed by atoms with Gasteiger partial charge in [0, 0.05) is 11.9 Å². The maximum atomic E-state index is 11.7. The van der Waals surface area contributed by atoms with Gasteiger partial charge in [-0.05, 0) is 6.07 Å². The van der Waals surface area contributed by atoms with Gasteiger partial charge in [0.05, 0.1) is 37.4 Å². The van der Waals surface area contributed by atoms with Crippen LogP contribution < -0.4 is 16.2 Å². The van der Waals surface area contributed by atoms with E-state index in [1.807, 2.05) is 0 Å². The van der Waals surface area contributed by atoms with Crippen molar-refractivity contribution in [2.75, 3.05) is 26.4 Å². The highest BCUT2D eigenvalue weighted by atomic mass is 16.5. The lowest BCUT2D eigenvalue weighted by atomic mass is 10.1. The number of carbonyl (C=O) groups is 2. The number of H-pyrrole nitrogens is 1. The minimum atomic E-state index is -0.811. The fourth-order valence-corrected chi connectivity index (χ4v) is 2.03. The van der Waals surface area contributed by atoms with Gasteiger partial charge in [-0.15, -0.1) is 0 Å². The Morgan fingerprint density at radius 1 is 1.12 bits per heavy atom. The van der Waals surface area contributed by atoms with E-state index in [4.69, 9.17) is 9.84 Å². The van der Waals surface area contributed by atoms with Crippen molar-refractivity contribution < 1.29 is 19.4 Å². The lowest BCUT2D eigenvalue weighted by Gasteiger charge is -2.08. The van der Waals surface area contributed by atoms with Crippen LogP contribution in [0.2, 0.25) is 0 Å². The summed E-state index contributed by atoms with van der Waals surface area (Å²) in [6.07, 6.45) is 0. The van der Waals surface area contributed by atoms with E-state index in [9.17, 15) is 14.4 Å². The fourth-order valence-electron chi connectivity index (χ4n) is 2.03. The van der Waals surface area contributed by atoms with Gasteiger partial charge in [-0.2, -0.15) is 5.10 Å². The van der Waals surface area contributed by atoms with E-state index in [1.165, 1.54) is 0 Å². The van der Waals surface area contributed by atoms with Gasteiger partial charge in [-0.1, -0.05) is 18.2 Å². The summed E-state index contributed by atoms with van der Waals surface area (Å²) >= 11 is 0. The summed E-state index contributed by atoms with van der Waals surface area (Å²) in [5.41, 5.74) is 0.138. The molecule has 0 saturated heterocycles. The Morgan fingerprint density at radius 2 is 1.83 bits per heavy atom. The topological polar surface area (TPSA) is 133 Å². The highest BCUT2D eigenvalue weighted by Crippen LogP contribution is 2.11. The first-order valence-corrected chi connectivity index (χ1v) is 7.34. The molecule has 1 aromatic carbocycles. The fraction of sp³-hybridized carbons (Fsp3) is 0.333. The minimum absolute atomic E-state index is 0.00452. The van der Waals surface area contributed by atoms with E-state index < -0.39 is 11.8 Å². The van der Waals surface area contributed by atoms with Crippen LogP contribution in [-0.4, -0.2) is 53.5 Å². The first-order valence-electron chi connectivity index (χ1n) is 7.34. The van der Waals surface area contributed by atoms with E-state index in [0.29, 0.717) is 16.5 Å². The molecule has 0 unspecified atom stereocenters. The average molecular weight is 334 g/mol. The number of hydrogen-bond acceptors (Lipinski definition) is 6. The van der Waals surface area contributed by atoms with Crippen LogP contribution in [0.3, 0.4) is 0 Å². The van der Waals surface area contributed by atoms with Crippen molar-refractivity contribution in [2.45, 2.75) is 6.54 Å². The predicted octanol–water partition coefficient (Wildman–Crippen LogP) is -1.34. The van der Waals surface area contributed by atoms with Gasteiger partial charge in [-0.25, -0.2) is 5.10 Å². The van der Waals surface area contributed by atoms with Crippen molar-refractivity contribution >= 4 is 22.6 Å². The van der Waals surface area contributed by atoms with Crippen molar-refractivity contribution in [3.05, 3.63) is 40.3 Å². The highest BCUT2D eigenvalue weighted by molar-refractivity contribution is 6.35. The number of aliphatic hydroxyl groups excluding tert-OH is 1. The lowest BCUT2D eigenvalue weighted by molar-refractivity contribution is -0.139. The number of hydrogen-bond donors (Lipinski definition) is 4. The number of ether oxygens (including phenoxy) is 1. The summed E-state index contributed by atoms with van der Waals surface area (Å²) in [5, 5.41) is 20.7. The lowest BCUT2D eigenvalue weighted by Crippen LogP contribution is -2.41. The summed E-state index contributed by atoms with van der Waals surface area (Å²) in [6, 6.07) is 6.86. The van der Waals surface area contributed by atoms with Gasteiger partial charge in [-0.3, -0.25) is 14.4 Å². The van der Waals surface area contributed by atoms with Gasteiger partial charge in [0.1, 0.15) is 0 Å². The van der Waals surface area contributed by atoms with Crippen LogP contribution in [0.5, 0.6) is 0 Å². The van der Waals surface area contributed by atoms with Crippen LogP contribution in [0.25, 0.3) is 10.8 Å². The van der Waals surface area contributed by atoms with Crippen molar-refractivity contribution in [3.8, 4) is 0 Å². The number of aliphatic hydroxyl groups is 1. The van der Waals surface area contributed by atoms with E-state index in [1.54, 1.807) is 24.3 Å². The van der Waals surface area contributed by atoms with Crippen LogP contribution in [0.4, 0.5) is 0 Å². The van der Waals surface area contributed by atoms with Crippen LogP contribution in [0.15, 0.2) is 29.1 Å². The molecule has 0 aliphatic heterocycles. The third-order valence-electron chi connectivity index (χ3n) is 3.17. The zero-order valence-electron chi connectivity index (χ0n) is 12.9. The minimum Gasteiger partial charge on any atom is -0.394 e. The SMILES string of the molecule is O=C(NCCOCCO)C(=O)NCc1n[nH]c(=O)c2ccccc12. The molecule has 1 heterocycles. The Balaban J connectivity index is 1.89. The number of nitrogens with zero attached hydrogens (tertiary/aromatic N) is 1. The molecule has 0 aliphatic rings. The molecule has 2 aromatic rings. The number of fused-ring (bicyclic) bond motifs is 1. The molecule has 9 heteroatoms. The third kappa shape index (κ3) is 4.61. The zero-order chi connectivity index (χ0) is 17.4. The second-order valence-electron chi connectivity index (χ2n) is 4.82. The van der Waals surface area contributed by atoms with E-state index in [0.717, 1.165) is 0 Å². The monoisotopic (exact) mass is 334 g/mol. The number of aromatic nitrogens is 2. The predicted molar refractivity (Wildman–Crippen MR) is 85.1 cm³/mol. The number of amides is 2. The van der Waals surface area contributed by atoms with E-state index in [-0.39, 0.29) is 38.5 Å². The van der Waals surface area contributed by atoms with Gasteiger partial charge < -0.3 is 20.5 Å². The van der Waals surface area contributed by atoms with Crippen LogP contribution >= 0.6 is 0 Å². The standard InChI is InChI=1S/C15H18N4O5/c20-6-8-24-7-5-16-14(22)15(23)17-9-12-10-3-1-2-4-11(10)13(21)19-18-12/h1-4,20H,5-9H2,(H,16,22)(H,17,23)(H,19,21). The summed E-state index contributed by atoms with van der Waals surface area (Å²) in [7, 11) is 0. The molecule has 1 aromatic heterocycles. The number of nitrogens with one attached hydrogen (secondary N) is 3. The van der Waals surface area contributed by atoms with Gasteiger partial charge in [0.2, 0.25) is 0 Å². The van der Waals surface area contributed by atoms with Gasteiger partial charge >= 0.3 is 11.8 Å². The molecule has 2 rings (SSSR count). The second kappa shape index (κ2) is 8.75. The largest absolute Gasteiger partial charge is 0.394 e. The number of benzene rings is 1. The Kier molecular flexibility index (Phi) is 6.41. The second-order valence-corrected chi connectivity index (χ2v) is 4.82. The van der Waals surface area contributed by atoms with Crippen molar-refractivity contribution in [3.63, 3.8) is 0 Å². The molecule has 24 heavy (non-hydrogen) atoms.